The minimum atomic E-state index is -0.109. The van der Waals surface area contributed by atoms with Crippen LogP contribution in [0.2, 0.25) is 0 Å². The van der Waals surface area contributed by atoms with Gasteiger partial charge in [-0.15, -0.1) is 0 Å². The van der Waals surface area contributed by atoms with Crippen LogP contribution in [0.1, 0.15) is 41.5 Å². The molecule has 0 fully saturated rings. The SMILES string of the molecule is CCCCc1n[nH]nc1C(=O)c1ccc(OC)cc1. The third-order valence-electron chi connectivity index (χ3n) is 2.95. The van der Waals surface area contributed by atoms with Gasteiger partial charge in [-0.05, 0) is 37.1 Å². The molecule has 5 heteroatoms. The number of ether oxygens (including phenoxy) is 1. The van der Waals surface area contributed by atoms with E-state index in [1.807, 2.05) is 0 Å². The molecule has 1 N–H and O–H groups in total. The lowest BCUT2D eigenvalue weighted by atomic mass is 10.0. The first-order valence-corrected chi connectivity index (χ1v) is 6.34. The van der Waals surface area contributed by atoms with Crippen LogP contribution >= 0.6 is 0 Å². The fourth-order valence-corrected chi connectivity index (χ4v) is 1.83. The number of aryl methyl sites for hydroxylation is 1. The maximum absolute atomic E-state index is 12.3. The molecule has 19 heavy (non-hydrogen) atoms. The number of hydrogen-bond acceptors (Lipinski definition) is 4. The zero-order valence-corrected chi connectivity index (χ0v) is 11.1. The number of aromatic amines is 1. The Labute approximate surface area is 112 Å². The van der Waals surface area contributed by atoms with Crippen molar-refractivity contribution in [3.63, 3.8) is 0 Å². The molecule has 2 aromatic rings. The largest absolute Gasteiger partial charge is 0.497 e. The van der Waals surface area contributed by atoms with E-state index in [0.717, 1.165) is 30.7 Å². The van der Waals surface area contributed by atoms with E-state index in [-0.39, 0.29) is 5.78 Å². The summed E-state index contributed by atoms with van der Waals surface area (Å²) in [5.74, 6) is 0.616. The molecule has 100 valence electrons. The topological polar surface area (TPSA) is 67.9 Å². The standard InChI is InChI=1S/C14H17N3O2/c1-3-4-5-12-13(16-17-15-12)14(18)10-6-8-11(19-2)9-7-10/h6-9H,3-5H2,1-2H3,(H,15,16,17). The zero-order valence-electron chi connectivity index (χ0n) is 11.1. The molecule has 1 aromatic carbocycles. The Morgan fingerprint density at radius 3 is 2.63 bits per heavy atom. The van der Waals surface area contributed by atoms with Crippen LogP contribution < -0.4 is 4.74 Å². The van der Waals surface area contributed by atoms with Crippen molar-refractivity contribution in [2.75, 3.05) is 7.11 Å². The molecule has 0 bridgehead atoms. The molecule has 5 nitrogen and oxygen atoms in total. The first kappa shape index (κ1) is 13.3. The molecule has 0 aliphatic heterocycles. The number of nitrogens with one attached hydrogen (secondary N) is 1. The second-order valence-electron chi connectivity index (χ2n) is 4.28. The van der Waals surface area contributed by atoms with Crippen molar-refractivity contribution >= 4 is 5.78 Å². The Balaban J connectivity index is 2.20. The summed E-state index contributed by atoms with van der Waals surface area (Å²) in [4.78, 5) is 12.3. The van der Waals surface area contributed by atoms with Gasteiger partial charge in [-0.25, -0.2) is 0 Å². The molecule has 0 aliphatic rings. The normalized spacial score (nSPS) is 10.4. The van der Waals surface area contributed by atoms with Crippen LogP contribution in [0.4, 0.5) is 0 Å². The monoisotopic (exact) mass is 259 g/mol. The van der Waals surface area contributed by atoms with Crippen molar-refractivity contribution < 1.29 is 9.53 Å². The third-order valence-corrected chi connectivity index (χ3v) is 2.95. The summed E-state index contributed by atoms with van der Waals surface area (Å²) >= 11 is 0. The maximum atomic E-state index is 12.3. The molecule has 0 atom stereocenters. The van der Waals surface area contributed by atoms with Crippen LogP contribution in [0, 0.1) is 0 Å². The van der Waals surface area contributed by atoms with Gasteiger partial charge in [0, 0.05) is 5.56 Å². The summed E-state index contributed by atoms with van der Waals surface area (Å²) in [5, 5.41) is 10.6. The highest BCUT2D eigenvalue weighted by Gasteiger charge is 2.17. The molecule has 0 saturated carbocycles. The van der Waals surface area contributed by atoms with Crippen LogP contribution in [-0.2, 0) is 6.42 Å². The third kappa shape index (κ3) is 2.99. The first-order chi connectivity index (χ1) is 9.26. The van der Waals surface area contributed by atoms with Crippen LogP contribution in [-0.4, -0.2) is 28.3 Å². The zero-order chi connectivity index (χ0) is 13.7. The fourth-order valence-electron chi connectivity index (χ4n) is 1.83. The van der Waals surface area contributed by atoms with Gasteiger partial charge >= 0.3 is 0 Å². The van der Waals surface area contributed by atoms with E-state index in [4.69, 9.17) is 4.74 Å². The molecule has 0 amide bonds. The average Bonchev–Trinajstić information content (AvgIpc) is 2.92. The van der Waals surface area contributed by atoms with Crippen LogP contribution in [0.15, 0.2) is 24.3 Å². The summed E-state index contributed by atoms with van der Waals surface area (Å²) in [6.45, 7) is 2.10. The highest BCUT2D eigenvalue weighted by molar-refractivity contribution is 6.08. The van der Waals surface area contributed by atoms with E-state index in [9.17, 15) is 4.79 Å². The number of H-pyrrole nitrogens is 1. The summed E-state index contributed by atoms with van der Waals surface area (Å²) in [7, 11) is 1.59. The van der Waals surface area contributed by atoms with E-state index in [0.29, 0.717) is 11.3 Å². The number of nitrogens with zero attached hydrogens (tertiary/aromatic N) is 2. The minimum Gasteiger partial charge on any atom is -0.497 e. The molecule has 2 rings (SSSR count). The molecule has 0 aliphatic carbocycles. The van der Waals surface area contributed by atoms with Gasteiger partial charge in [0.15, 0.2) is 5.69 Å². The highest BCUT2D eigenvalue weighted by Crippen LogP contribution is 2.16. The van der Waals surface area contributed by atoms with E-state index < -0.39 is 0 Å². The molecule has 0 unspecified atom stereocenters. The smallest absolute Gasteiger partial charge is 0.215 e. The van der Waals surface area contributed by atoms with E-state index >= 15 is 0 Å². The number of benzene rings is 1. The van der Waals surface area contributed by atoms with Gasteiger partial charge in [0.05, 0.1) is 12.8 Å². The number of carbonyl (C=O) groups excluding carboxylic acids is 1. The van der Waals surface area contributed by atoms with Gasteiger partial charge in [0.25, 0.3) is 0 Å². The van der Waals surface area contributed by atoms with Gasteiger partial charge in [0.1, 0.15) is 5.75 Å². The quantitative estimate of drug-likeness (QED) is 0.809. The minimum absolute atomic E-state index is 0.109. The Hall–Kier alpha value is -2.17. The van der Waals surface area contributed by atoms with Crippen molar-refractivity contribution in [3.8, 4) is 5.75 Å². The van der Waals surface area contributed by atoms with Gasteiger partial charge in [-0.2, -0.15) is 15.4 Å². The lowest BCUT2D eigenvalue weighted by Gasteiger charge is -2.02. The Kier molecular flexibility index (Phi) is 4.28. The van der Waals surface area contributed by atoms with Crippen molar-refractivity contribution in [1.29, 1.82) is 0 Å². The Morgan fingerprint density at radius 1 is 1.26 bits per heavy atom. The first-order valence-electron chi connectivity index (χ1n) is 6.34. The van der Waals surface area contributed by atoms with Gasteiger partial charge < -0.3 is 4.74 Å². The number of methoxy groups -OCH3 is 1. The van der Waals surface area contributed by atoms with Gasteiger partial charge in [-0.1, -0.05) is 13.3 Å². The second kappa shape index (κ2) is 6.13. The molecule has 0 spiro atoms. The Bertz CT molecular complexity index is 546. The Morgan fingerprint density at radius 2 is 2.00 bits per heavy atom. The van der Waals surface area contributed by atoms with E-state index in [2.05, 4.69) is 22.3 Å². The summed E-state index contributed by atoms with van der Waals surface area (Å²) in [6, 6.07) is 7.00. The van der Waals surface area contributed by atoms with Crippen LogP contribution in [0.3, 0.4) is 0 Å². The van der Waals surface area contributed by atoms with Gasteiger partial charge in [-0.3, -0.25) is 4.79 Å². The number of unbranched alkanes of at least 4 members (excludes halogenated alkanes) is 1. The fraction of sp³-hybridized carbons (Fsp3) is 0.357. The predicted molar refractivity (Wildman–Crippen MR) is 71.4 cm³/mol. The molecule has 1 heterocycles. The highest BCUT2D eigenvalue weighted by atomic mass is 16.5. The van der Waals surface area contributed by atoms with Crippen molar-refractivity contribution in [2.45, 2.75) is 26.2 Å². The van der Waals surface area contributed by atoms with Crippen LogP contribution in [0.5, 0.6) is 5.75 Å². The lowest BCUT2D eigenvalue weighted by Crippen LogP contribution is -2.05. The van der Waals surface area contributed by atoms with E-state index in [1.165, 1.54) is 0 Å². The molecule has 0 saturated heterocycles. The summed E-state index contributed by atoms with van der Waals surface area (Å²) in [6.07, 6.45) is 2.82. The van der Waals surface area contributed by atoms with Crippen molar-refractivity contribution in [2.24, 2.45) is 0 Å². The second-order valence-corrected chi connectivity index (χ2v) is 4.28. The number of carbonyl (C=O) groups is 1. The molecular formula is C14H17N3O2. The molecule has 1 aromatic heterocycles. The molecular weight excluding hydrogens is 242 g/mol. The lowest BCUT2D eigenvalue weighted by molar-refractivity contribution is 0.103. The summed E-state index contributed by atoms with van der Waals surface area (Å²) in [5.41, 5.74) is 1.74. The predicted octanol–water partition coefficient (Wildman–Crippen LogP) is 2.39. The van der Waals surface area contributed by atoms with Gasteiger partial charge in [0.2, 0.25) is 5.78 Å². The van der Waals surface area contributed by atoms with E-state index in [1.54, 1.807) is 31.4 Å². The maximum Gasteiger partial charge on any atom is 0.215 e. The van der Waals surface area contributed by atoms with Crippen molar-refractivity contribution in [3.05, 3.63) is 41.2 Å². The number of aromatic nitrogens is 3. The number of ketones is 1. The van der Waals surface area contributed by atoms with Crippen LogP contribution in [0.25, 0.3) is 0 Å². The number of rotatable bonds is 6. The average molecular weight is 259 g/mol. The van der Waals surface area contributed by atoms with Crippen molar-refractivity contribution in [1.82, 2.24) is 15.4 Å². The molecule has 0 radical (unpaired) electrons. The summed E-state index contributed by atoms with van der Waals surface area (Å²) < 4.78 is 5.07. The number of hydrogen-bond donors (Lipinski definition) is 1.